The molecule has 0 aromatic carbocycles. The summed E-state index contributed by atoms with van der Waals surface area (Å²) in [7, 11) is -1.92. The molecule has 1 aromatic heterocycles. The normalized spacial score (nSPS) is 26.6. The van der Waals surface area contributed by atoms with E-state index in [1.165, 1.54) is 0 Å². The van der Waals surface area contributed by atoms with Crippen LogP contribution in [-0.2, 0) is 14.8 Å². The van der Waals surface area contributed by atoms with E-state index < -0.39 is 10.0 Å². The molecule has 2 atom stereocenters. The second kappa shape index (κ2) is 5.31. The molecule has 2 fully saturated rings. The van der Waals surface area contributed by atoms with Crippen molar-refractivity contribution in [3.63, 3.8) is 0 Å². The molecule has 2 heterocycles. The first kappa shape index (κ1) is 13.8. The Morgan fingerprint density at radius 3 is 2.85 bits per heavy atom. The largest absolute Gasteiger partial charge is 0.376 e. The van der Waals surface area contributed by atoms with E-state index in [1.807, 2.05) is 0 Å². The topological polar surface area (TPSA) is 80.3 Å². The second-order valence-corrected chi connectivity index (χ2v) is 6.97. The standard InChI is InChI=1S/C13H19N3O3S/c1-14-13-11(3-2-7-15-13)20(17,18)16-10-6-8-19-12(10)9-4-5-9/h2-3,7,9-10,12,16H,4-6,8H2,1H3,(H,14,15). The molecule has 0 amide bonds. The third-order valence-corrected chi connectivity index (χ3v) is 5.35. The predicted molar refractivity (Wildman–Crippen MR) is 75.0 cm³/mol. The fourth-order valence-corrected chi connectivity index (χ4v) is 4.13. The van der Waals surface area contributed by atoms with Crippen LogP contribution in [0.25, 0.3) is 0 Å². The van der Waals surface area contributed by atoms with E-state index in [9.17, 15) is 8.42 Å². The van der Waals surface area contributed by atoms with Crippen molar-refractivity contribution in [3.05, 3.63) is 18.3 Å². The van der Waals surface area contributed by atoms with Crippen LogP contribution >= 0.6 is 0 Å². The number of hydrogen-bond donors (Lipinski definition) is 2. The lowest BCUT2D eigenvalue weighted by Crippen LogP contribution is -2.41. The van der Waals surface area contributed by atoms with Crippen LogP contribution in [0.1, 0.15) is 19.3 Å². The van der Waals surface area contributed by atoms with Crippen molar-refractivity contribution >= 4 is 15.8 Å². The Morgan fingerprint density at radius 2 is 2.15 bits per heavy atom. The molecule has 1 saturated carbocycles. The number of anilines is 1. The number of nitrogens with one attached hydrogen (secondary N) is 2. The van der Waals surface area contributed by atoms with Crippen LogP contribution in [0.5, 0.6) is 0 Å². The van der Waals surface area contributed by atoms with Crippen molar-refractivity contribution < 1.29 is 13.2 Å². The zero-order chi connectivity index (χ0) is 14.2. The van der Waals surface area contributed by atoms with Crippen molar-refractivity contribution in [3.8, 4) is 0 Å². The predicted octanol–water partition coefficient (Wildman–Crippen LogP) is 0.969. The Labute approximate surface area is 119 Å². The van der Waals surface area contributed by atoms with Crippen LogP contribution in [0.4, 0.5) is 5.82 Å². The van der Waals surface area contributed by atoms with E-state index in [0.29, 0.717) is 18.3 Å². The third kappa shape index (κ3) is 2.65. The lowest BCUT2D eigenvalue weighted by molar-refractivity contribution is 0.0848. The maximum Gasteiger partial charge on any atom is 0.244 e. The fourth-order valence-electron chi connectivity index (χ4n) is 2.68. The van der Waals surface area contributed by atoms with Gasteiger partial charge in [0.25, 0.3) is 0 Å². The number of ether oxygens (including phenoxy) is 1. The molecule has 1 aliphatic carbocycles. The molecule has 0 radical (unpaired) electrons. The summed E-state index contributed by atoms with van der Waals surface area (Å²) in [5.74, 6) is 0.879. The summed E-state index contributed by atoms with van der Waals surface area (Å²) in [5, 5.41) is 2.81. The van der Waals surface area contributed by atoms with Gasteiger partial charge in [0.2, 0.25) is 10.0 Å². The van der Waals surface area contributed by atoms with E-state index in [-0.39, 0.29) is 17.0 Å². The smallest absolute Gasteiger partial charge is 0.244 e. The molecule has 0 bridgehead atoms. The number of hydrogen-bond acceptors (Lipinski definition) is 5. The van der Waals surface area contributed by atoms with Gasteiger partial charge in [0, 0.05) is 19.9 Å². The van der Waals surface area contributed by atoms with Gasteiger partial charge in [-0.1, -0.05) is 0 Å². The Hall–Kier alpha value is -1.18. The van der Waals surface area contributed by atoms with E-state index in [2.05, 4.69) is 15.0 Å². The first-order valence-corrected chi connectivity index (χ1v) is 8.37. The highest BCUT2D eigenvalue weighted by atomic mass is 32.2. The van der Waals surface area contributed by atoms with Gasteiger partial charge in [-0.2, -0.15) is 0 Å². The number of pyridine rings is 1. The molecule has 2 N–H and O–H groups in total. The minimum absolute atomic E-state index is 0.0273. The van der Waals surface area contributed by atoms with Gasteiger partial charge < -0.3 is 10.1 Å². The van der Waals surface area contributed by atoms with Crippen molar-refractivity contribution in [2.45, 2.75) is 36.3 Å². The van der Waals surface area contributed by atoms with E-state index in [0.717, 1.165) is 19.3 Å². The summed E-state index contributed by atoms with van der Waals surface area (Å²) < 4.78 is 33.5. The zero-order valence-corrected chi connectivity index (χ0v) is 12.2. The quantitative estimate of drug-likeness (QED) is 0.846. The van der Waals surface area contributed by atoms with Crippen LogP contribution < -0.4 is 10.0 Å². The van der Waals surface area contributed by atoms with Gasteiger partial charge in [0.05, 0.1) is 12.1 Å². The van der Waals surface area contributed by atoms with Gasteiger partial charge >= 0.3 is 0 Å². The maximum absolute atomic E-state index is 12.5. The molecule has 1 aliphatic heterocycles. The summed E-state index contributed by atoms with van der Waals surface area (Å²) in [5.41, 5.74) is 0. The minimum atomic E-state index is -3.58. The Morgan fingerprint density at radius 1 is 1.35 bits per heavy atom. The Kier molecular flexibility index (Phi) is 3.66. The van der Waals surface area contributed by atoms with Crippen LogP contribution in [0.15, 0.2) is 23.2 Å². The Bertz CT molecular complexity index is 586. The summed E-state index contributed by atoms with van der Waals surface area (Å²) in [6.45, 7) is 0.625. The highest BCUT2D eigenvalue weighted by molar-refractivity contribution is 7.89. The van der Waals surface area contributed by atoms with Crippen LogP contribution in [0, 0.1) is 5.92 Å². The molecule has 1 saturated heterocycles. The average molecular weight is 297 g/mol. The fraction of sp³-hybridized carbons (Fsp3) is 0.615. The molecule has 6 nitrogen and oxygen atoms in total. The van der Waals surface area contributed by atoms with E-state index in [1.54, 1.807) is 25.4 Å². The molecule has 1 aromatic rings. The minimum Gasteiger partial charge on any atom is -0.376 e. The molecule has 110 valence electrons. The summed E-state index contributed by atoms with van der Waals surface area (Å²) in [6.07, 6.45) is 4.60. The van der Waals surface area contributed by atoms with Crippen molar-refractivity contribution in [1.29, 1.82) is 0 Å². The van der Waals surface area contributed by atoms with Crippen molar-refractivity contribution in [1.82, 2.24) is 9.71 Å². The van der Waals surface area contributed by atoms with Gasteiger partial charge in [-0.25, -0.2) is 18.1 Å². The van der Waals surface area contributed by atoms with Crippen LogP contribution in [0.2, 0.25) is 0 Å². The molecule has 0 spiro atoms. The molecule has 20 heavy (non-hydrogen) atoms. The van der Waals surface area contributed by atoms with Crippen LogP contribution in [-0.4, -0.2) is 39.2 Å². The highest BCUT2D eigenvalue weighted by Gasteiger charge is 2.42. The SMILES string of the molecule is CNc1ncccc1S(=O)(=O)NC1CCOC1C1CC1. The first-order valence-electron chi connectivity index (χ1n) is 6.88. The average Bonchev–Trinajstić information content (AvgIpc) is 3.19. The van der Waals surface area contributed by atoms with Gasteiger partial charge in [-0.05, 0) is 37.3 Å². The monoisotopic (exact) mass is 297 g/mol. The number of nitrogens with zero attached hydrogens (tertiary/aromatic N) is 1. The summed E-state index contributed by atoms with van der Waals surface area (Å²) in [6, 6.07) is 3.06. The first-order chi connectivity index (χ1) is 9.62. The van der Waals surface area contributed by atoms with E-state index >= 15 is 0 Å². The zero-order valence-electron chi connectivity index (χ0n) is 11.4. The summed E-state index contributed by atoms with van der Waals surface area (Å²) in [4.78, 5) is 4.23. The number of rotatable bonds is 5. The molecule has 3 rings (SSSR count). The molecular weight excluding hydrogens is 278 g/mol. The molecular formula is C13H19N3O3S. The maximum atomic E-state index is 12.5. The molecule has 2 unspecified atom stereocenters. The number of sulfonamides is 1. The van der Waals surface area contributed by atoms with Gasteiger partial charge in [0.1, 0.15) is 10.7 Å². The van der Waals surface area contributed by atoms with Crippen LogP contribution in [0.3, 0.4) is 0 Å². The molecule has 7 heteroatoms. The lowest BCUT2D eigenvalue weighted by Gasteiger charge is -2.20. The van der Waals surface area contributed by atoms with Crippen molar-refractivity contribution in [2.75, 3.05) is 19.0 Å². The highest BCUT2D eigenvalue weighted by Crippen LogP contribution is 2.39. The van der Waals surface area contributed by atoms with Crippen molar-refractivity contribution in [2.24, 2.45) is 5.92 Å². The van der Waals surface area contributed by atoms with Gasteiger partial charge in [-0.15, -0.1) is 0 Å². The van der Waals surface area contributed by atoms with Gasteiger partial charge in [0.15, 0.2) is 0 Å². The second-order valence-electron chi connectivity index (χ2n) is 5.29. The van der Waals surface area contributed by atoms with Gasteiger partial charge in [-0.3, -0.25) is 0 Å². The van der Waals surface area contributed by atoms with E-state index in [4.69, 9.17) is 4.74 Å². The third-order valence-electron chi connectivity index (χ3n) is 3.83. The Balaban J connectivity index is 1.81. The molecule has 2 aliphatic rings. The summed E-state index contributed by atoms with van der Waals surface area (Å²) >= 11 is 0. The lowest BCUT2D eigenvalue weighted by atomic mass is 10.1. The number of aromatic nitrogens is 1.